The number of hydrogen-bond donors (Lipinski definition) is 0. The van der Waals surface area contributed by atoms with E-state index in [-0.39, 0.29) is 5.57 Å². The Balaban J connectivity index is 4.24. The number of hydrogen-bond acceptors (Lipinski definition) is 0. The molecule has 0 saturated carbocycles. The fourth-order valence-corrected chi connectivity index (χ4v) is 0.676. The Labute approximate surface area is 70.1 Å². The van der Waals surface area contributed by atoms with Gasteiger partial charge in [-0.25, -0.2) is 0 Å². The molecule has 0 heterocycles. The molecule has 0 aromatic heterocycles. The maximum atomic E-state index is 11.8. The average Bonchev–Trinajstić information content (AvgIpc) is 1.84. The van der Waals surface area contributed by atoms with Crippen LogP contribution in [0.5, 0.6) is 0 Å². The molecule has 0 aromatic carbocycles. The van der Waals surface area contributed by atoms with Crippen LogP contribution in [0.15, 0.2) is 36.5 Å². The SMILES string of the molecule is C=C/C=C(/C)C(=C)CC(F)(F)F. The van der Waals surface area contributed by atoms with Crippen LogP contribution in [0.4, 0.5) is 13.2 Å². The molecule has 0 fully saturated rings. The molecule has 0 aliphatic heterocycles. The van der Waals surface area contributed by atoms with Crippen molar-refractivity contribution >= 4 is 0 Å². The molecule has 0 rings (SSSR count). The van der Waals surface area contributed by atoms with Crippen LogP contribution < -0.4 is 0 Å². The van der Waals surface area contributed by atoms with Crippen LogP contribution in [0.1, 0.15) is 13.3 Å². The molecule has 0 spiro atoms. The minimum atomic E-state index is -4.17. The Kier molecular flexibility index (Phi) is 3.80. The summed E-state index contributed by atoms with van der Waals surface area (Å²) < 4.78 is 35.4. The summed E-state index contributed by atoms with van der Waals surface area (Å²) in [5.74, 6) is 0. The normalized spacial score (nSPS) is 12.8. The van der Waals surface area contributed by atoms with Crippen molar-refractivity contribution in [1.82, 2.24) is 0 Å². The third-order valence-corrected chi connectivity index (χ3v) is 1.34. The average molecular weight is 176 g/mol. The first-order valence-corrected chi connectivity index (χ1v) is 3.41. The van der Waals surface area contributed by atoms with Gasteiger partial charge in [-0.05, 0) is 18.1 Å². The van der Waals surface area contributed by atoms with Crippen molar-refractivity contribution in [3.63, 3.8) is 0 Å². The molecule has 3 heteroatoms. The Morgan fingerprint density at radius 3 is 2.25 bits per heavy atom. The molecule has 0 amide bonds. The van der Waals surface area contributed by atoms with Crippen molar-refractivity contribution < 1.29 is 13.2 Å². The lowest BCUT2D eigenvalue weighted by Crippen LogP contribution is -2.08. The highest BCUT2D eigenvalue weighted by Crippen LogP contribution is 2.26. The lowest BCUT2D eigenvalue weighted by atomic mass is 10.1. The van der Waals surface area contributed by atoms with Crippen molar-refractivity contribution in [2.75, 3.05) is 0 Å². The summed E-state index contributed by atoms with van der Waals surface area (Å²) in [5.41, 5.74) is 0.602. The second-order valence-corrected chi connectivity index (χ2v) is 2.48. The molecule has 0 radical (unpaired) electrons. The summed E-state index contributed by atoms with van der Waals surface area (Å²) >= 11 is 0. The maximum Gasteiger partial charge on any atom is 0.393 e. The third-order valence-electron chi connectivity index (χ3n) is 1.34. The Hall–Kier alpha value is -0.990. The summed E-state index contributed by atoms with van der Waals surface area (Å²) in [7, 11) is 0. The van der Waals surface area contributed by atoms with E-state index in [0.717, 1.165) is 0 Å². The first-order chi connectivity index (χ1) is 5.37. The molecule has 68 valence electrons. The van der Waals surface area contributed by atoms with Crippen LogP contribution in [0.3, 0.4) is 0 Å². The van der Waals surface area contributed by atoms with Gasteiger partial charge < -0.3 is 0 Å². The van der Waals surface area contributed by atoms with E-state index in [0.29, 0.717) is 5.57 Å². The molecule has 0 bridgehead atoms. The largest absolute Gasteiger partial charge is 0.393 e. The highest BCUT2D eigenvalue weighted by molar-refractivity contribution is 5.29. The molecule has 0 aliphatic carbocycles. The molecular weight excluding hydrogens is 165 g/mol. The van der Waals surface area contributed by atoms with Crippen LogP contribution >= 0.6 is 0 Å². The summed E-state index contributed by atoms with van der Waals surface area (Å²) in [5, 5.41) is 0. The molecule has 0 atom stereocenters. The number of halogens is 3. The molecule has 0 N–H and O–H groups in total. The first-order valence-electron chi connectivity index (χ1n) is 3.41. The monoisotopic (exact) mass is 176 g/mol. The van der Waals surface area contributed by atoms with Gasteiger partial charge in [-0.3, -0.25) is 0 Å². The second-order valence-electron chi connectivity index (χ2n) is 2.48. The van der Waals surface area contributed by atoms with E-state index >= 15 is 0 Å². The molecule has 12 heavy (non-hydrogen) atoms. The number of allylic oxidation sites excluding steroid dienone is 4. The highest BCUT2D eigenvalue weighted by Gasteiger charge is 2.28. The molecule has 0 aromatic rings. The van der Waals surface area contributed by atoms with Gasteiger partial charge in [0.1, 0.15) is 0 Å². The zero-order valence-electron chi connectivity index (χ0n) is 6.91. The zero-order chi connectivity index (χ0) is 9.78. The van der Waals surface area contributed by atoms with Crippen LogP contribution in [0.25, 0.3) is 0 Å². The molecule has 0 unspecified atom stereocenters. The summed E-state index contributed by atoms with van der Waals surface area (Å²) in [6.45, 7) is 8.28. The minimum Gasteiger partial charge on any atom is -0.171 e. The van der Waals surface area contributed by atoms with Crippen molar-refractivity contribution in [2.24, 2.45) is 0 Å². The Morgan fingerprint density at radius 2 is 1.92 bits per heavy atom. The highest BCUT2D eigenvalue weighted by atomic mass is 19.4. The van der Waals surface area contributed by atoms with Crippen molar-refractivity contribution in [2.45, 2.75) is 19.5 Å². The minimum absolute atomic E-state index is 0.0856. The number of alkyl halides is 3. The van der Waals surface area contributed by atoms with Crippen molar-refractivity contribution in [3.05, 3.63) is 36.5 Å². The van der Waals surface area contributed by atoms with Gasteiger partial charge in [0.2, 0.25) is 0 Å². The predicted molar refractivity (Wildman–Crippen MR) is 43.8 cm³/mol. The lowest BCUT2D eigenvalue weighted by Gasteiger charge is -2.08. The van der Waals surface area contributed by atoms with Crippen LogP contribution in [0, 0.1) is 0 Å². The Morgan fingerprint density at radius 1 is 1.42 bits per heavy atom. The maximum absolute atomic E-state index is 11.8. The van der Waals surface area contributed by atoms with Gasteiger partial charge >= 0.3 is 6.18 Å². The van der Waals surface area contributed by atoms with Gasteiger partial charge in [0.05, 0.1) is 6.42 Å². The van der Waals surface area contributed by atoms with E-state index in [1.165, 1.54) is 12.2 Å². The summed E-state index contributed by atoms with van der Waals surface area (Å²) in [6.07, 6.45) is -2.18. The van der Waals surface area contributed by atoms with E-state index < -0.39 is 12.6 Å². The topological polar surface area (TPSA) is 0 Å². The zero-order valence-corrected chi connectivity index (χ0v) is 6.91. The van der Waals surface area contributed by atoms with E-state index in [1.54, 1.807) is 6.92 Å². The number of rotatable bonds is 3. The summed E-state index contributed by atoms with van der Waals surface area (Å²) in [4.78, 5) is 0. The molecule has 0 aliphatic rings. The molecular formula is C9H11F3. The van der Waals surface area contributed by atoms with E-state index in [1.807, 2.05) is 0 Å². The van der Waals surface area contributed by atoms with Crippen molar-refractivity contribution in [1.29, 1.82) is 0 Å². The van der Waals surface area contributed by atoms with Gasteiger partial charge in [0.15, 0.2) is 0 Å². The standard InChI is InChI=1S/C9H11F3/c1-4-5-7(2)8(3)6-9(10,11)12/h4-5H,1,3,6H2,2H3/b7-5-. The summed E-state index contributed by atoms with van der Waals surface area (Å²) in [6, 6.07) is 0. The van der Waals surface area contributed by atoms with Crippen LogP contribution in [-0.2, 0) is 0 Å². The second kappa shape index (κ2) is 4.14. The van der Waals surface area contributed by atoms with E-state index in [9.17, 15) is 13.2 Å². The van der Waals surface area contributed by atoms with E-state index in [2.05, 4.69) is 13.2 Å². The third kappa shape index (κ3) is 4.77. The van der Waals surface area contributed by atoms with Gasteiger partial charge in [-0.1, -0.05) is 25.3 Å². The molecule has 0 saturated heterocycles. The fourth-order valence-electron chi connectivity index (χ4n) is 0.676. The fraction of sp³-hybridized carbons (Fsp3) is 0.333. The van der Waals surface area contributed by atoms with Gasteiger partial charge in [-0.2, -0.15) is 13.2 Å². The first kappa shape index (κ1) is 11.0. The molecule has 0 nitrogen and oxygen atoms in total. The van der Waals surface area contributed by atoms with Crippen molar-refractivity contribution in [3.8, 4) is 0 Å². The van der Waals surface area contributed by atoms with Gasteiger partial charge in [0.25, 0.3) is 0 Å². The van der Waals surface area contributed by atoms with Gasteiger partial charge in [-0.15, -0.1) is 0 Å². The smallest absolute Gasteiger partial charge is 0.171 e. The Bertz CT molecular complexity index is 208. The van der Waals surface area contributed by atoms with Gasteiger partial charge in [0, 0.05) is 0 Å². The predicted octanol–water partition coefficient (Wildman–Crippen LogP) is 3.63. The van der Waals surface area contributed by atoms with Crippen LogP contribution in [-0.4, -0.2) is 6.18 Å². The van der Waals surface area contributed by atoms with Crippen LogP contribution in [0.2, 0.25) is 0 Å². The quantitative estimate of drug-likeness (QED) is 0.576. The van der Waals surface area contributed by atoms with E-state index in [4.69, 9.17) is 0 Å². The lowest BCUT2D eigenvalue weighted by molar-refractivity contribution is -0.126.